The summed E-state index contributed by atoms with van der Waals surface area (Å²) in [6.45, 7) is 1.16. The van der Waals surface area contributed by atoms with Crippen molar-refractivity contribution in [2.75, 3.05) is 13.2 Å². The molecule has 116 valence electrons. The quantitative estimate of drug-likeness (QED) is 0.759. The molecule has 3 nitrogen and oxygen atoms in total. The number of benzene rings is 2. The van der Waals surface area contributed by atoms with Gasteiger partial charge in [0.05, 0.1) is 6.61 Å². The lowest BCUT2D eigenvalue weighted by atomic mass is 10.1. The van der Waals surface area contributed by atoms with Gasteiger partial charge in [0.15, 0.2) is 0 Å². The monoisotopic (exact) mass is 301 g/mol. The molecule has 0 aromatic heterocycles. The highest BCUT2D eigenvalue weighted by molar-refractivity contribution is 5.76. The molecule has 0 aliphatic heterocycles. The number of hydrogen-bond acceptors (Lipinski definition) is 2. The average molecular weight is 301 g/mol. The van der Waals surface area contributed by atoms with Crippen LogP contribution in [-0.4, -0.2) is 19.1 Å². The number of amides is 1. The SMILES string of the molecule is O=C(CCc1ccc(F)cc1)NCCCOc1ccccc1. The molecule has 0 unspecified atom stereocenters. The maximum atomic E-state index is 12.8. The van der Waals surface area contributed by atoms with Gasteiger partial charge in [0.25, 0.3) is 0 Å². The van der Waals surface area contributed by atoms with Gasteiger partial charge in [-0.25, -0.2) is 4.39 Å². The minimum atomic E-state index is -0.258. The third-order valence-electron chi connectivity index (χ3n) is 3.21. The molecule has 0 radical (unpaired) electrons. The van der Waals surface area contributed by atoms with Crippen LogP contribution in [0.1, 0.15) is 18.4 Å². The fourth-order valence-electron chi connectivity index (χ4n) is 2.00. The van der Waals surface area contributed by atoms with Crippen LogP contribution in [0.5, 0.6) is 5.75 Å². The van der Waals surface area contributed by atoms with E-state index in [-0.39, 0.29) is 11.7 Å². The molecule has 4 heteroatoms. The van der Waals surface area contributed by atoms with Gasteiger partial charge in [-0.3, -0.25) is 4.79 Å². The lowest BCUT2D eigenvalue weighted by Crippen LogP contribution is -2.25. The molecule has 0 atom stereocenters. The van der Waals surface area contributed by atoms with Crippen molar-refractivity contribution in [3.63, 3.8) is 0 Å². The van der Waals surface area contributed by atoms with E-state index < -0.39 is 0 Å². The second-order valence-electron chi connectivity index (χ2n) is 4.99. The summed E-state index contributed by atoms with van der Waals surface area (Å²) in [6, 6.07) is 15.8. The van der Waals surface area contributed by atoms with Crippen LogP contribution < -0.4 is 10.1 Å². The van der Waals surface area contributed by atoms with Gasteiger partial charge in [-0.2, -0.15) is 0 Å². The van der Waals surface area contributed by atoms with E-state index in [1.54, 1.807) is 12.1 Å². The summed E-state index contributed by atoms with van der Waals surface area (Å²) in [5.41, 5.74) is 0.962. The maximum absolute atomic E-state index is 12.8. The highest BCUT2D eigenvalue weighted by Gasteiger charge is 2.02. The number of carbonyl (C=O) groups is 1. The van der Waals surface area contributed by atoms with Crippen molar-refractivity contribution in [3.8, 4) is 5.75 Å². The Kier molecular flexibility index (Phi) is 6.42. The topological polar surface area (TPSA) is 38.3 Å². The highest BCUT2D eigenvalue weighted by atomic mass is 19.1. The summed E-state index contributed by atoms with van der Waals surface area (Å²) in [5, 5.41) is 2.86. The largest absolute Gasteiger partial charge is 0.494 e. The Morgan fingerprint density at radius 3 is 2.50 bits per heavy atom. The number of rotatable bonds is 8. The molecule has 22 heavy (non-hydrogen) atoms. The average Bonchev–Trinajstić information content (AvgIpc) is 2.55. The van der Waals surface area contributed by atoms with E-state index in [1.807, 2.05) is 30.3 Å². The highest BCUT2D eigenvalue weighted by Crippen LogP contribution is 2.08. The molecule has 2 aromatic rings. The Morgan fingerprint density at radius 1 is 1.05 bits per heavy atom. The first-order valence-electron chi connectivity index (χ1n) is 7.43. The maximum Gasteiger partial charge on any atom is 0.220 e. The standard InChI is InChI=1S/C18H20FNO2/c19-16-10-7-15(8-11-16)9-12-18(21)20-13-4-14-22-17-5-2-1-3-6-17/h1-3,5-8,10-11H,4,9,12-14H2,(H,20,21). The van der Waals surface area contributed by atoms with Crippen LogP contribution in [0.25, 0.3) is 0 Å². The van der Waals surface area contributed by atoms with Crippen LogP contribution >= 0.6 is 0 Å². The van der Waals surface area contributed by atoms with E-state index >= 15 is 0 Å². The van der Waals surface area contributed by atoms with Crippen molar-refractivity contribution in [1.82, 2.24) is 5.32 Å². The molecule has 2 rings (SSSR count). The van der Waals surface area contributed by atoms with E-state index in [0.717, 1.165) is 17.7 Å². The van der Waals surface area contributed by atoms with E-state index in [1.165, 1.54) is 12.1 Å². The number of carbonyl (C=O) groups excluding carboxylic acids is 1. The molecule has 1 amide bonds. The number of halogens is 1. The van der Waals surface area contributed by atoms with Gasteiger partial charge >= 0.3 is 0 Å². The van der Waals surface area contributed by atoms with Crippen molar-refractivity contribution in [1.29, 1.82) is 0 Å². The number of ether oxygens (including phenoxy) is 1. The lowest BCUT2D eigenvalue weighted by Gasteiger charge is -2.07. The molecule has 0 saturated heterocycles. The van der Waals surface area contributed by atoms with Gasteiger partial charge in [0, 0.05) is 13.0 Å². The van der Waals surface area contributed by atoms with Gasteiger partial charge in [0.2, 0.25) is 5.91 Å². The smallest absolute Gasteiger partial charge is 0.220 e. The van der Waals surface area contributed by atoms with Crippen LogP contribution in [0.4, 0.5) is 4.39 Å². The Hall–Kier alpha value is -2.36. The number of aryl methyl sites for hydroxylation is 1. The van der Waals surface area contributed by atoms with E-state index in [9.17, 15) is 9.18 Å². The number of para-hydroxylation sites is 1. The molecule has 2 aromatic carbocycles. The Morgan fingerprint density at radius 2 is 1.77 bits per heavy atom. The van der Waals surface area contributed by atoms with E-state index in [2.05, 4.69) is 5.32 Å². The van der Waals surface area contributed by atoms with Crippen molar-refractivity contribution in [2.24, 2.45) is 0 Å². The van der Waals surface area contributed by atoms with Crippen LogP contribution in [0.3, 0.4) is 0 Å². The van der Waals surface area contributed by atoms with E-state index in [4.69, 9.17) is 4.74 Å². The first kappa shape index (κ1) is 16.0. The summed E-state index contributed by atoms with van der Waals surface area (Å²) in [4.78, 5) is 11.7. The summed E-state index contributed by atoms with van der Waals surface area (Å²) in [6.07, 6.45) is 1.79. The van der Waals surface area contributed by atoms with Gasteiger partial charge in [-0.15, -0.1) is 0 Å². The molecule has 0 aliphatic rings. The molecule has 0 saturated carbocycles. The fraction of sp³-hybridized carbons (Fsp3) is 0.278. The van der Waals surface area contributed by atoms with Crippen molar-refractivity contribution >= 4 is 5.91 Å². The number of nitrogens with one attached hydrogen (secondary N) is 1. The van der Waals surface area contributed by atoms with Crippen molar-refractivity contribution in [3.05, 3.63) is 66.0 Å². The zero-order chi connectivity index (χ0) is 15.6. The second-order valence-corrected chi connectivity index (χ2v) is 4.99. The third-order valence-corrected chi connectivity index (χ3v) is 3.21. The second kappa shape index (κ2) is 8.82. The fourth-order valence-corrected chi connectivity index (χ4v) is 2.00. The van der Waals surface area contributed by atoms with Gasteiger partial charge in [-0.1, -0.05) is 30.3 Å². The summed E-state index contributed by atoms with van der Waals surface area (Å²) in [5.74, 6) is 0.584. The molecule has 1 N–H and O–H groups in total. The minimum absolute atomic E-state index is 0.00374. The van der Waals surface area contributed by atoms with E-state index in [0.29, 0.717) is 26.0 Å². The molecule has 0 bridgehead atoms. The molecule has 0 heterocycles. The predicted octanol–water partition coefficient (Wildman–Crippen LogP) is 3.34. The van der Waals surface area contributed by atoms with Gasteiger partial charge < -0.3 is 10.1 Å². The predicted molar refractivity (Wildman–Crippen MR) is 84.3 cm³/mol. The first-order chi connectivity index (χ1) is 10.7. The Balaban J connectivity index is 1.55. The van der Waals surface area contributed by atoms with Crippen molar-refractivity contribution < 1.29 is 13.9 Å². The number of hydrogen-bond donors (Lipinski definition) is 1. The molecule has 0 spiro atoms. The summed E-state index contributed by atoms with van der Waals surface area (Å²) in [7, 11) is 0. The lowest BCUT2D eigenvalue weighted by molar-refractivity contribution is -0.121. The molecular weight excluding hydrogens is 281 g/mol. The molecular formula is C18H20FNO2. The zero-order valence-electron chi connectivity index (χ0n) is 12.4. The van der Waals surface area contributed by atoms with Crippen LogP contribution in [0, 0.1) is 5.82 Å². The van der Waals surface area contributed by atoms with Gasteiger partial charge in [-0.05, 0) is 42.7 Å². The van der Waals surface area contributed by atoms with Crippen LogP contribution in [-0.2, 0) is 11.2 Å². The molecule has 0 fully saturated rings. The normalized spacial score (nSPS) is 10.2. The Bertz CT molecular complexity index is 569. The van der Waals surface area contributed by atoms with Crippen LogP contribution in [0.2, 0.25) is 0 Å². The van der Waals surface area contributed by atoms with Crippen LogP contribution in [0.15, 0.2) is 54.6 Å². The third kappa shape index (κ3) is 5.95. The molecule has 0 aliphatic carbocycles. The zero-order valence-corrected chi connectivity index (χ0v) is 12.4. The Labute approximate surface area is 130 Å². The summed E-state index contributed by atoms with van der Waals surface area (Å²) >= 11 is 0. The summed E-state index contributed by atoms with van der Waals surface area (Å²) < 4.78 is 18.3. The minimum Gasteiger partial charge on any atom is -0.494 e. The van der Waals surface area contributed by atoms with Crippen molar-refractivity contribution in [2.45, 2.75) is 19.3 Å². The first-order valence-corrected chi connectivity index (χ1v) is 7.43. The van der Waals surface area contributed by atoms with Gasteiger partial charge in [0.1, 0.15) is 11.6 Å².